The molecule has 1 amide bonds. The van der Waals surface area contributed by atoms with Crippen LogP contribution in [0.1, 0.15) is 17.5 Å². The number of phenolic OH excluding ortho intramolecular Hbond substituents is 1. The highest BCUT2D eigenvalue weighted by atomic mass is 16.3. The third-order valence-electron chi connectivity index (χ3n) is 3.07. The molecule has 4 N–H and O–H groups in total. The van der Waals surface area contributed by atoms with Gasteiger partial charge in [0.25, 0.3) is 0 Å². The molecule has 0 aliphatic rings. The maximum atomic E-state index is 11.9. The number of nitrogen functional groups attached to an aromatic ring is 1. The minimum atomic E-state index is -0.0945. The van der Waals surface area contributed by atoms with E-state index in [1.54, 1.807) is 6.07 Å². The van der Waals surface area contributed by atoms with E-state index in [0.29, 0.717) is 24.2 Å². The Balaban J connectivity index is 1.90. The van der Waals surface area contributed by atoms with E-state index in [4.69, 9.17) is 5.73 Å². The lowest BCUT2D eigenvalue weighted by molar-refractivity contribution is -0.116. The monoisotopic (exact) mass is 270 g/mol. The third-order valence-corrected chi connectivity index (χ3v) is 3.07. The number of nitrogens with one attached hydrogen (secondary N) is 1. The quantitative estimate of drug-likeness (QED) is 0.590. The molecule has 0 fully saturated rings. The number of aryl methyl sites for hydroxylation is 2. The summed E-state index contributed by atoms with van der Waals surface area (Å²) in [5, 5.41) is 12.0. The van der Waals surface area contributed by atoms with Crippen molar-refractivity contribution in [1.29, 1.82) is 0 Å². The number of carbonyl (C=O) groups is 1. The van der Waals surface area contributed by atoms with Crippen LogP contribution in [0.2, 0.25) is 0 Å². The number of rotatable bonds is 4. The van der Waals surface area contributed by atoms with Gasteiger partial charge in [-0.3, -0.25) is 4.79 Å². The van der Waals surface area contributed by atoms with Crippen LogP contribution in [-0.2, 0) is 11.2 Å². The summed E-state index contributed by atoms with van der Waals surface area (Å²) in [6.07, 6.45) is 1.08. The summed E-state index contributed by atoms with van der Waals surface area (Å²) >= 11 is 0. The van der Waals surface area contributed by atoms with E-state index in [1.165, 1.54) is 17.7 Å². The second kappa shape index (κ2) is 6.10. The van der Waals surface area contributed by atoms with Gasteiger partial charge in [0.2, 0.25) is 5.91 Å². The normalized spacial score (nSPS) is 10.2. The number of nitrogens with two attached hydrogens (primary N) is 1. The van der Waals surface area contributed by atoms with Gasteiger partial charge in [0, 0.05) is 12.5 Å². The Labute approximate surface area is 118 Å². The van der Waals surface area contributed by atoms with Gasteiger partial charge >= 0.3 is 0 Å². The van der Waals surface area contributed by atoms with Crippen molar-refractivity contribution in [2.45, 2.75) is 19.8 Å². The van der Waals surface area contributed by atoms with Crippen molar-refractivity contribution >= 4 is 17.3 Å². The topological polar surface area (TPSA) is 75.3 Å². The molecule has 0 saturated heterocycles. The fourth-order valence-corrected chi connectivity index (χ4v) is 1.89. The second-order valence-electron chi connectivity index (χ2n) is 4.81. The minimum Gasteiger partial charge on any atom is -0.508 e. The van der Waals surface area contributed by atoms with Gasteiger partial charge in [-0.15, -0.1) is 0 Å². The van der Waals surface area contributed by atoms with Crippen LogP contribution in [0.3, 0.4) is 0 Å². The first-order valence-electron chi connectivity index (χ1n) is 6.48. The molecule has 4 nitrogen and oxygen atoms in total. The smallest absolute Gasteiger partial charge is 0.224 e. The number of hydrogen-bond donors (Lipinski definition) is 3. The predicted molar refractivity (Wildman–Crippen MR) is 80.6 cm³/mol. The summed E-state index contributed by atoms with van der Waals surface area (Å²) < 4.78 is 0. The summed E-state index contributed by atoms with van der Waals surface area (Å²) in [6, 6.07) is 12.6. The second-order valence-corrected chi connectivity index (χ2v) is 4.81. The van der Waals surface area contributed by atoms with Crippen LogP contribution >= 0.6 is 0 Å². The first-order chi connectivity index (χ1) is 9.54. The van der Waals surface area contributed by atoms with Crippen molar-refractivity contribution < 1.29 is 9.90 Å². The lowest BCUT2D eigenvalue weighted by Gasteiger charge is -2.08. The number of anilines is 2. The fraction of sp³-hybridized carbons (Fsp3) is 0.188. The number of amides is 1. The summed E-state index contributed by atoms with van der Waals surface area (Å²) in [7, 11) is 0. The van der Waals surface area contributed by atoms with E-state index in [9.17, 15) is 9.90 Å². The van der Waals surface area contributed by atoms with Crippen LogP contribution in [0, 0.1) is 6.92 Å². The van der Waals surface area contributed by atoms with Crippen molar-refractivity contribution in [1.82, 2.24) is 0 Å². The van der Waals surface area contributed by atoms with Gasteiger partial charge in [-0.1, -0.05) is 29.8 Å². The SMILES string of the molecule is Cc1ccc(CCC(=O)Nc2ccc(O)cc2N)cc1. The van der Waals surface area contributed by atoms with Crippen LogP contribution in [0.15, 0.2) is 42.5 Å². The zero-order chi connectivity index (χ0) is 14.5. The highest BCUT2D eigenvalue weighted by Crippen LogP contribution is 2.23. The molecule has 4 heteroatoms. The molecule has 2 aromatic carbocycles. The Bertz CT molecular complexity index is 606. The molecular formula is C16H18N2O2. The van der Waals surface area contributed by atoms with E-state index < -0.39 is 0 Å². The van der Waals surface area contributed by atoms with Crippen molar-refractivity contribution in [2.24, 2.45) is 0 Å². The molecule has 104 valence electrons. The zero-order valence-corrected chi connectivity index (χ0v) is 11.4. The Morgan fingerprint density at radius 1 is 1.20 bits per heavy atom. The van der Waals surface area contributed by atoms with Gasteiger partial charge in [0.1, 0.15) is 5.75 Å². The summed E-state index contributed by atoms with van der Waals surface area (Å²) in [5.74, 6) is -0.0110. The number of aromatic hydroxyl groups is 1. The highest BCUT2D eigenvalue weighted by Gasteiger charge is 2.06. The van der Waals surface area contributed by atoms with Gasteiger partial charge < -0.3 is 16.2 Å². The predicted octanol–water partition coefficient (Wildman–Crippen LogP) is 2.85. The molecule has 0 radical (unpaired) electrons. The van der Waals surface area contributed by atoms with E-state index in [2.05, 4.69) is 5.32 Å². The fourth-order valence-electron chi connectivity index (χ4n) is 1.89. The Morgan fingerprint density at radius 2 is 1.90 bits per heavy atom. The average Bonchev–Trinajstić information content (AvgIpc) is 2.41. The maximum absolute atomic E-state index is 11.9. The molecule has 2 aromatic rings. The molecule has 0 aliphatic carbocycles. The van der Waals surface area contributed by atoms with Crippen LogP contribution in [0.5, 0.6) is 5.75 Å². The van der Waals surface area contributed by atoms with E-state index in [-0.39, 0.29) is 11.7 Å². The van der Waals surface area contributed by atoms with Gasteiger partial charge in [-0.05, 0) is 31.0 Å². The largest absolute Gasteiger partial charge is 0.508 e. The lowest BCUT2D eigenvalue weighted by Crippen LogP contribution is -2.13. The van der Waals surface area contributed by atoms with Gasteiger partial charge in [-0.25, -0.2) is 0 Å². The van der Waals surface area contributed by atoms with Crippen molar-refractivity contribution in [3.8, 4) is 5.75 Å². The molecule has 20 heavy (non-hydrogen) atoms. The van der Waals surface area contributed by atoms with E-state index >= 15 is 0 Å². The van der Waals surface area contributed by atoms with Crippen LogP contribution in [0.4, 0.5) is 11.4 Å². The van der Waals surface area contributed by atoms with Crippen molar-refractivity contribution in [3.05, 3.63) is 53.6 Å². The summed E-state index contributed by atoms with van der Waals surface area (Å²) in [6.45, 7) is 2.03. The van der Waals surface area contributed by atoms with Gasteiger partial charge in [0.15, 0.2) is 0 Å². The molecule has 2 rings (SSSR count). The van der Waals surface area contributed by atoms with E-state index in [0.717, 1.165) is 5.56 Å². The first kappa shape index (κ1) is 13.9. The summed E-state index contributed by atoms with van der Waals surface area (Å²) in [5.41, 5.74) is 8.93. The molecule has 0 aromatic heterocycles. The number of hydrogen-bond acceptors (Lipinski definition) is 3. The minimum absolute atomic E-state index is 0.0835. The number of benzene rings is 2. The Hall–Kier alpha value is -2.49. The maximum Gasteiger partial charge on any atom is 0.224 e. The van der Waals surface area contributed by atoms with Gasteiger partial charge in [0.05, 0.1) is 11.4 Å². The standard InChI is InChI=1S/C16H18N2O2/c1-11-2-4-12(5-3-11)6-9-16(20)18-15-8-7-13(19)10-14(15)17/h2-5,7-8,10,19H,6,9,17H2,1H3,(H,18,20). The van der Waals surface area contributed by atoms with Gasteiger partial charge in [-0.2, -0.15) is 0 Å². The number of phenols is 1. The van der Waals surface area contributed by atoms with Crippen molar-refractivity contribution in [3.63, 3.8) is 0 Å². The molecule has 0 aliphatic heterocycles. The molecular weight excluding hydrogens is 252 g/mol. The molecule has 0 atom stereocenters. The van der Waals surface area contributed by atoms with E-state index in [1.807, 2.05) is 31.2 Å². The first-order valence-corrected chi connectivity index (χ1v) is 6.48. The molecule has 0 unspecified atom stereocenters. The van der Waals surface area contributed by atoms with Crippen molar-refractivity contribution in [2.75, 3.05) is 11.1 Å². The molecule has 0 spiro atoms. The number of carbonyl (C=O) groups excluding carboxylic acids is 1. The molecule has 0 heterocycles. The lowest BCUT2D eigenvalue weighted by atomic mass is 10.1. The molecule has 0 bridgehead atoms. The third kappa shape index (κ3) is 3.75. The van der Waals surface area contributed by atoms with Crippen LogP contribution in [0.25, 0.3) is 0 Å². The summed E-state index contributed by atoms with van der Waals surface area (Å²) in [4.78, 5) is 11.9. The van der Waals surface area contributed by atoms with Crippen LogP contribution < -0.4 is 11.1 Å². The zero-order valence-electron chi connectivity index (χ0n) is 11.4. The Kier molecular flexibility index (Phi) is 4.25. The highest BCUT2D eigenvalue weighted by molar-refractivity contribution is 5.94. The average molecular weight is 270 g/mol. The Morgan fingerprint density at radius 3 is 2.55 bits per heavy atom. The van der Waals surface area contributed by atoms with Crippen LogP contribution in [-0.4, -0.2) is 11.0 Å². The molecule has 0 saturated carbocycles.